The Balaban J connectivity index is 1.30. The number of aryl methyl sites for hydroxylation is 2. The van der Waals surface area contributed by atoms with Crippen molar-refractivity contribution in [1.29, 1.82) is 5.41 Å². The van der Waals surface area contributed by atoms with E-state index in [0.717, 1.165) is 71.7 Å². The summed E-state index contributed by atoms with van der Waals surface area (Å²) in [5, 5.41) is 24.7. The molecule has 2 aromatic carbocycles. The van der Waals surface area contributed by atoms with Crippen LogP contribution in [0, 0.1) is 5.41 Å². The number of carbonyl (C=O) groups excluding carboxylic acids is 1. The molecule has 6 nitrogen and oxygen atoms in total. The standard InChI is InChI=1S/C42H60N4O2S/c1-3-5-7-9-11-13-15-18-35-32-34(33-36(41(35)48)19-16-14-12-10-8-6-4-2)21-26-40(47)46-29-27-45(28-30-46)38-24-22-37(23-25-38)44-42(43)39-20-17-31-49-39/h17,20-26,31-33,48H,3-16,18-19,27-30H2,1-2H3,(H2,43,44). The monoisotopic (exact) mass is 684 g/mol. The number of unbranched alkanes of at least 4 members (excludes halogenated alkanes) is 12. The van der Waals surface area contributed by atoms with Gasteiger partial charge in [-0.25, -0.2) is 0 Å². The van der Waals surface area contributed by atoms with E-state index >= 15 is 0 Å². The zero-order valence-electron chi connectivity index (χ0n) is 30.2. The molecule has 0 spiro atoms. The van der Waals surface area contributed by atoms with E-state index in [1.807, 2.05) is 40.6 Å². The summed E-state index contributed by atoms with van der Waals surface area (Å²) in [6.45, 7) is 7.42. The van der Waals surface area contributed by atoms with Crippen LogP contribution in [0.2, 0.25) is 0 Å². The van der Waals surface area contributed by atoms with Crippen molar-refractivity contribution in [1.82, 2.24) is 4.90 Å². The summed E-state index contributed by atoms with van der Waals surface area (Å²) in [6, 6.07) is 16.3. The Morgan fingerprint density at radius 1 is 0.796 bits per heavy atom. The molecule has 3 N–H and O–H groups in total. The Hall–Kier alpha value is -3.58. The molecule has 1 aromatic heterocycles. The molecule has 1 saturated heterocycles. The fourth-order valence-corrected chi connectivity index (χ4v) is 7.28. The molecule has 0 aliphatic carbocycles. The quantitative estimate of drug-likeness (QED) is 0.0452. The minimum Gasteiger partial charge on any atom is -0.507 e. The number of nitrogens with zero attached hydrogens (tertiary/aromatic N) is 2. The maximum Gasteiger partial charge on any atom is 0.246 e. The molecule has 2 heterocycles. The molecule has 1 aliphatic heterocycles. The van der Waals surface area contributed by atoms with Crippen molar-refractivity contribution in [2.75, 3.05) is 36.4 Å². The first-order valence-corrected chi connectivity index (χ1v) is 19.9. The number of nitrogens with one attached hydrogen (secondary N) is 2. The van der Waals surface area contributed by atoms with Gasteiger partial charge in [0.1, 0.15) is 11.6 Å². The van der Waals surface area contributed by atoms with E-state index in [-0.39, 0.29) is 5.91 Å². The molecular formula is C42H60N4O2S. The maximum atomic E-state index is 13.3. The summed E-state index contributed by atoms with van der Waals surface area (Å²) in [6.07, 6.45) is 23.0. The molecule has 1 fully saturated rings. The summed E-state index contributed by atoms with van der Waals surface area (Å²) in [5.41, 5.74) is 5.09. The second kappa shape index (κ2) is 21.5. The van der Waals surface area contributed by atoms with Crippen molar-refractivity contribution in [2.24, 2.45) is 0 Å². The van der Waals surface area contributed by atoms with Gasteiger partial charge in [0.05, 0.1) is 4.88 Å². The highest BCUT2D eigenvalue weighted by Crippen LogP contribution is 2.29. The number of thiophene rings is 1. The van der Waals surface area contributed by atoms with Crippen LogP contribution in [0.1, 0.15) is 125 Å². The van der Waals surface area contributed by atoms with Crippen LogP contribution in [0.3, 0.4) is 0 Å². The van der Waals surface area contributed by atoms with E-state index in [4.69, 9.17) is 5.41 Å². The third-order valence-corrected chi connectivity index (χ3v) is 10.6. The molecule has 0 unspecified atom stereocenters. The van der Waals surface area contributed by atoms with Gasteiger partial charge >= 0.3 is 0 Å². The number of hydrogen-bond acceptors (Lipinski definition) is 5. The van der Waals surface area contributed by atoms with Crippen molar-refractivity contribution in [3.8, 4) is 5.75 Å². The van der Waals surface area contributed by atoms with Crippen molar-refractivity contribution in [3.63, 3.8) is 0 Å². The van der Waals surface area contributed by atoms with Gasteiger partial charge in [-0.3, -0.25) is 10.2 Å². The predicted molar refractivity (Wildman–Crippen MR) is 211 cm³/mol. The van der Waals surface area contributed by atoms with E-state index in [1.165, 1.54) is 77.0 Å². The Labute approximate surface area is 300 Å². The van der Waals surface area contributed by atoms with E-state index in [9.17, 15) is 9.90 Å². The van der Waals surface area contributed by atoms with Crippen LogP contribution in [0.15, 0.2) is 60.0 Å². The van der Waals surface area contributed by atoms with Gasteiger partial charge in [0, 0.05) is 43.6 Å². The fraction of sp³-hybridized carbons (Fsp3) is 0.524. The van der Waals surface area contributed by atoms with Crippen molar-refractivity contribution < 1.29 is 9.90 Å². The van der Waals surface area contributed by atoms with Gasteiger partial charge in [-0.05, 0) is 96.3 Å². The molecule has 4 rings (SSSR count). The highest BCUT2D eigenvalue weighted by molar-refractivity contribution is 7.12. The number of amidine groups is 1. The lowest BCUT2D eigenvalue weighted by Gasteiger charge is -2.35. The minimum atomic E-state index is 0.0432. The largest absolute Gasteiger partial charge is 0.507 e. The zero-order valence-corrected chi connectivity index (χ0v) is 31.0. The molecule has 49 heavy (non-hydrogen) atoms. The van der Waals surface area contributed by atoms with Crippen LogP contribution in [0.25, 0.3) is 6.08 Å². The van der Waals surface area contributed by atoms with Crippen LogP contribution >= 0.6 is 11.3 Å². The molecule has 266 valence electrons. The third kappa shape index (κ3) is 13.0. The van der Waals surface area contributed by atoms with Gasteiger partial charge in [-0.15, -0.1) is 11.3 Å². The fourth-order valence-electron chi connectivity index (χ4n) is 6.65. The van der Waals surface area contributed by atoms with Gasteiger partial charge in [0.25, 0.3) is 0 Å². The van der Waals surface area contributed by atoms with Crippen LogP contribution in [-0.2, 0) is 17.6 Å². The summed E-state index contributed by atoms with van der Waals surface area (Å²) < 4.78 is 0. The van der Waals surface area contributed by atoms with Gasteiger partial charge in [-0.2, -0.15) is 0 Å². The molecule has 1 aliphatic rings. The van der Waals surface area contributed by atoms with E-state index in [1.54, 1.807) is 17.4 Å². The average molecular weight is 685 g/mol. The molecular weight excluding hydrogens is 625 g/mol. The predicted octanol–water partition coefficient (Wildman–Crippen LogP) is 10.8. The molecule has 1 amide bonds. The SMILES string of the molecule is CCCCCCCCCc1cc(C=CC(=O)N2CCN(c3ccc(NC(=N)c4cccs4)cc3)CC2)cc(CCCCCCCCC)c1O. The van der Waals surface area contributed by atoms with E-state index in [2.05, 4.69) is 48.3 Å². The molecule has 3 aromatic rings. The Bertz CT molecular complexity index is 1390. The van der Waals surface area contributed by atoms with Crippen LogP contribution in [0.5, 0.6) is 5.75 Å². The smallest absolute Gasteiger partial charge is 0.246 e. The number of carbonyl (C=O) groups is 1. The molecule has 0 atom stereocenters. The number of hydrogen-bond donors (Lipinski definition) is 3. The highest BCUT2D eigenvalue weighted by atomic mass is 32.1. The average Bonchev–Trinajstić information content (AvgIpc) is 3.67. The second-order valence-corrected chi connectivity index (χ2v) is 14.5. The number of aromatic hydroxyl groups is 1. The number of benzene rings is 2. The van der Waals surface area contributed by atoms with Crippen LogP contribution in [-0.4, -0.2) is 47.9 Å². The number of piperazine rings is 1. The van der Waals surface area contributed by atoms with Crippen LogP contribution < -0.4 is 10.2 Å². The summed E-state index contributed by atoms with van der Waals surface area (Å²) in [5.74, 6) is 0.923. The first-order chi connectivity index (χ1) is 24.0. The van der Waals surface area contributed by atoms with Crippen LogP contribution in [0.4, 0.5) is 11.4 Å². The Morgan fingerprint density at radius 2 is 1.35 bits per heavy atom. The van der Waals surface area contributed by atoms with Gasteiger partial charge in [0.15, 0.2) is 0 Å². The van der Waals surface area contributed by atoms with E-state index < -0.39 is 0 Å². The maximum absolute atomic E-state index is 13.3. The molecule has 7 heteroatoms. The molecule has 0 radical (unpaired) electrons. The third-order valence-electron chi connectivity index (χ3n) is 9.67. The highest BCUT2D eigenvalue weighted by Gasteiger charge is 2.20. The second-order valence-electron chi connectivity index (χ2n) is 13.6. The lowest BCUT2D eigenvalue weighted by Crippen LogP contribution is -2.48. The summed E-state index contributed by atoms with van der Waals surface area (Å²) >= 11 is 1.55. The first-order valence-electron chi connectivity index (χ1n) is 19.0. The topological polar surface area (TPSA) is 79.7 Å². The lowest BCUT2D eigenvalue weighted by atomic mass is 9.95. The zero-order chi connectivity index (χ0) is 34.7. The lowest BCUT2D eigenvalue weighted by molar-refractivity contribution is -0.126. The molecule has 0 bridgehead atoms. The van der Waals surface area contributed by atoms with E-state index in [0.29, 0.717) is 24.7 Å². The Kier molecular flexibility index (Phi) is 16.8. The van der Waals surface area contributed by atoms with Crippen molar-refractivity contribution >= 4 is 40.5 Å². The first kappa shape index (κ1) is 38.2. The van der Waals surface area contributed by atoms with Gasteiger partial charge in [0.2, 0.25) is 5.91 Å². The summed E-state index contributed by atoms with van der Waals surface area (Å²) in [4.78, 5) is 18.4. The van der Waals surface area contributed by atoms with Crippen molar-refractivity contribution in [2.45, 2.75) is 117 Å². The minimum absolute atomic E-state index is 0.0432. The van der Waals surface area contributed by atoms with Crippen molar-refractivity contribution in [3.05, 3.63) is 81.6 Å². The summed E-state index contributed by atoms with van der Waals surface area (Å²) in [7, 11) is 0. The number of phenols is 1. The number of anilines is 2. The number of amides is 1. The van der Waals surface area contributed by atoms with Gasteiger partial charge < -0.3 is 20.2 Å². The van der Waals surface area contributed by atoms with Gasteiger partial charge in [-0.1, -0.05) is 97.0 Å². The molecule has 0 saturated carbocycles. The number of rotatable bonds is 21. The Morgan fingerprint density at radius 3 is 1.88 bits per heavy atom. The number of phenolic OH excluding ortho intramolecular Hbond substituents is 1. The normalized spacial score (nSPS) is 13.3.